The predicted octanol–water partition coefficient (Wildman–Crippen LogP) is 1.83. The van der Waals surface area contributed by atoms with Gasteiger partial charge < -0.3 is 5.73 Å². The highest BCUT2D eigenvalue weighted by Gasteiger charge is 2.31. The molecule has 0 saturated carbocycles. The third kappa shape index (κ3) is 3.13. The van der Waals surface area contributed by atoms with Crippen molar-refractivity contribution in [3.63, 3.8) is 0 Å². The van der Waals surface area contributed by atoms with Crippen molar-refractivity contribution < 1.29 is 8.42 Å². The first kappa shape index (κ1) is 14.8. The third-order valence-electron chi connectivity index (χ3n) is 3.32. The third-order valence-corrected chi connectivity index (χ3v) is 6.54. The van der Waals surface area contributed by atoms with Crippen LogP contribution < -0.4 is 5.73 Å². The Morgan fingerprint density at radius 1 is 1.37 bits per heavy atom. The average Bonchev–Trinajstić information content (AvgIpc) is 2.39. The van der Waals surface area contributed by atoms with Gasteiger partial charge in [0, 0.05) is 30.1 Å². The molecule has 2 atom stereocenters. The molecule has 6 heteroatoms. The Morgan fingerprint density at radius 2 is 2.00 bits per heavy atom. The molecule has 0 bridgehead atoms. The van der Waals surface area contributed by atoms with E-state index in [-0.39, 0.29) is 12.1 Å². The maximum atomic E-state index is 12.6. The molecule has 106 valence electrons. The molecule has 4 nitrogen and oxygen atoms in total. The normalized spacial score (nSPS) is 23.2. The molecule has 1 aliphatic rings. The van der Waals surface area contributed by atoms with E-state index in [1.807, 2.05) is 13.8 Å². The molecule has 1 aromatic rings. The van der Waals surface area contributed by atoms with Gasteiger partial charge in [-0.3, -0.25) is 0 Å². The van der Waals surface area contributed by atoms with E-state index in [0.717, 1.165) is 17.1 Å². The van der Waals surface area contributed by atoms with Gasteiger partial charge in [0.2, 0.25) is 10.0 Å². The molecule has 0 radical (unpaired) electrons. The summed E-state index contributed by atoms with van der Waals surface area (Å²) in [4.78, 5) is 0.357. The first-order chi connectivity index (χ1) is 8.93. The summed E-state index contributed by atoms with van der Waals surface area (Å²) >= 11 is 1.80. The van der Waals surface area contributed by atoms with Crippen LogP contribution in [0.1, 0.15) is 25.5 Å². The Labute approximate surface area is 119 Å². The summed E-state index contributed by atoms with van der Waals surface area (Å²) in [5.41, 5.74) is 6.72. The molecule has 1 fully saturated rings. The van der Waals surface area contributed by atoms with Gasteiger partial charge in [-0.25, -0.2) is 8.42 Å². The average molecular weight is 300 g/mol. The van der Waals surface area contributed by atoms with Gasteiger partial charge in [-0.1, -0.05) is 12.1 Å². The molecule has 0 spiro atoms. The predicted molar refractivity (Wildman–Crippen MR) is 79.7 cm³/mol. The molecule has 0 aromatic heterocycles. The number of rotatable bonds is 3. The van der Waals surface area contributed by atoms with Crippen molar-refractivity contribution in [3.8, 4) is 0 Å². The van der Waals surface area contributed by atoms with Crippen LogP contribution in [0.25, 0.3) is 0 Å². The Kier molecular flexibility index (Phi) is 4.55. The summed E-state index contributed by atoms with van der Waals surface area (Å²) in [6.45, 7) is 4.43. The minimum atomic E-state index is -3.37. The zero-order valence-electron chi connectivity index (χ0n) is 11.2. The summed E-state index contributed by atoms with van der Waals surface area (Å²) in [6.07, 6.45) is 0. The summed E-state index contributed by atoms with van der Waals surface area (Å²) in [5, 5.41) is 0. The topological polar surface area (TPSA) is 63.4 Å². The first-order valence-electron chi connectivity index (χ1n) is 6.38. The molecule has 0 amide bonds. The molecule has 1 saturated heterocycles. The number of nitrogens with zero attached hydrogens (tertiary/aromatic N) is 1. The van der Waals surface area contributed by atoms with E-state index < -0.39 is 10.0 Å². The molecule has 19 heavy (non-hydrogen) atoms. The van der Waals surface area contributed by atoms with E-state index in [1.165, 1.54) is 0 Å². The quantitative estimate of drug-likeness (QED) is 0.925. The molecule has 1 aliphatic heterocycles. The Hall–Kier alpha value is -0.560. The van der Waals surface area contributed by atoms with Crippen LogP contribution in [0.4, 0.5) is 0 Å². The van der Waals surface area contributed by atoms with Crippen molar-refractivity contribution in [1.82, 2.24) is 4.31 Å². The molecular formula is C13H20N2O2S2. The fraction of sp³-hybridized carbons (Fsp3) is 0.538. The molecular weight excluding hydrogens is 280 g/mol. The van der Waals surface area contributed by atoms with Gasteiger partial charge in [0.25, 0.3) is 0 Å². The second-order valence-electron chi connectivity index (χ2n) is 4.90. The van der Waals surface area contributed by atoms with Crippen LogP contribution >= 0.6 is 11.8 Å². The molecule has 2 unspecified atom stereocenters. The molecule has 2 N–H and O–H groups in total. The maximum Gasteiger partial charge on any atom is 0.243 e. The van der Waals surface area contributed by atoms with E-state index >= 15 is 0 Å². The van der Waals surface area contributed by atoms with Crippen molar-refractivity contribution in [2.45, 2.75) is 30.8 Å². The van der Waals surface area contributed by atoms with Crippen LogP contribution in [0, 0.1) is 0 Å². The zero-order chi connectivity index (χ0) is 14.0. The minimum absolute atomic E-state index is 0.0526. The van der Waals surface area contributed by atoms with Crippen molar-refractivity contribution in [1.29, 1.82) is 0 Å². The van der Waals surface area contributed by atoms with Gasteiger partial charge >= 0.3 is 0 Å². The van der Waals surface area contributed by atoms with Crippen LogP contribution in [-0.2, 0) is 10.0 Å². The van der Waals surface area contributed by atoms with Crippen LogP contribution in [0.15, 0.2) is 29.2 Å². The standard InChI is InChI=1S/C13H20N2O2S2/c1-10-9-18-8-7-15(10)19(16,17)13-5-3-12(4-6-13)11(2)14/h3-6,10-11H,7-9,14H2,1-2H3. The molecule has 2 rings (SSSR count). The summed E-state index contributed by atoms with van der Waals surface area (Å²) in [7, 11) is -3.37. The Balaban J connectivity index is 2.28. The largest absolute Gasteiger partial charge is 0.324 e. The molecule has 0 aliphatic carbocycles. The highest BCUT2D eigenvalue weighted by atomic mass is 32.2. The smallest absolute Gasteiger partial charge is 0.243 e. The lowest BCUT2D eigenvalue weighted by molar-refractivity contribution is 0.367. The van der Waals surface area contributed by atoms with Gasteiger partial charge in [0.05, 0.1) is 4.90 Å². The lowest BCUT2D eigenvalue weighted by Gasteiger charge is -2.32. The van der Waals surface area contributed by atoms with E-state index in [2.05, 4.69) is 0 Å². The highest BCUT2D eigenvalue weighted by molar-refractivity contribution is 7.99. The summed E-state index contributed by atoms with van der Waals surface area (Å²) < 4.78 is 26.7. The number of nitrogens with two attached hydrogens (primary N) is 1. The fourth-order valence-corrected chi connectivity index (χ4v) is 5.00. The van der Waals surface area contributed by atoms with Crippen molar-refractivity contribution >= 4 is 21.8 Å². The monoisotopic (exact) mass is 300 g/mol. The number of benzene rings is 1. The SMILES string of the molecule is CC(N)c1ccc(S(=O)(=O)N2CCSCC2C)cc1. The first-order valence-corrected chi connectivity index (χ1v) is 8.97. The number of hydrogen-bond donors (Lipinski definition) is 1. The minimum Gasteiger partial charge on any atom is -0.324 e. The van der Waals surface area contributed by atoms with E-state index in [0.29, 0.717) is 11.4 Å². The molecule has 1 aromatic carbocycles. The molecule has 1 heterocycles. The highest BCUT2D eigenvalue weighted by Crippen LogP contribution is 2.25. The van der Waals surface area contributed by atoms with Gasteiger partial charge in [-0.15, -0.1) is 0 Å². The van der Waals surface area contributed by atoms with Crippen LogP contribution in [0.5, 0.6) is 0 Å². The number of sulfonamides is 1. The fourth-order valence-electron chi connectivity index (χ4n) is 2.15. The lowest BCUT2D eigenvalue weighted by atomic mass is 10.1. The van der Waals surface area contributed by atoms with Gasteiger partial charge in [0.15, 0.2) is 0 Å². The zero-order valence-corrected chi connectivity index (χ0v) is 12.9. The van der Waals surface area contributed by atoms with Gasteiger partial charge in [0.1, 0.15) is 0 Å². The number of hydrogen-bond acceptors (Lipinski definition) is 4. The van der Waals surface area contributed by atoms with Crippen molar-refractivity contribution in [2.75, 3.05) is 18.1 Å². The Bertz CT molecular complexity index is 526. The van der Waals surface area contributed by atoms with Crippen LogP contribution in [-0.4, -0.2) is 36.8 Å². The van der Waals surface area contributed by atoms with Crippen LogP contribution in [0.3, 0.4) is 0 Å². The maximum absolute atomic E-state index is 12.6. The Morgan fingerprint density at radius 3 is 2.53 bits per heavy atom. The van der Waals surface area contributed by atoms with Crippen molar-refractivity contribution in [3.05, 3.63) is 29.8 Å². The van der Waals surface area contributed by atoms with Crippen LogP contribution in [0.2, 0.25) is 0 Å². The van der Waals surface area contributed by atoms with Gasteiger partial charge in [-0.05, 0) is 31.5 Å². The van der Waals surface area contributed by atoms with E-state index in [1.54, 1.807) is 40.3 Å². The summed E-state index contributed by atoms with van der Waals surface area (Å²) in [5.74, 6) is 1.72. The van der Waals surface area contributed by atoms with E-state index in [9.17, 15) is 8.42 Å². The number of thioether (sulfide) groups is 1. The van der Waals surface area contributed by atoms with E-state index in [4.69, 9.17) is 5.73 Å². The second kappa shape index (κ2) is 5.83. The second-order valence-corrected chi connectivity index (χ2v) is 7.94. The van der Waals surface area contributed by atoms with Crippen molar-refractivity contribution in [2.24, 2.45) is 5.73 Å². The van der Waals surface area contributed by atoms with Gasteiger partial charge in [-0.2, -0.15) is 16.1 Å². The summed E-state index contributed by atoms with van der Waals surface area (Å²) in [6, 6.07) is 6.87. The lowest BCUT2D eigenvalue weighted by Crippen LogP contribution is -2.44.